The van der Waals surface area contributed by atoms with E-state index < -0.39 is 27.9 Å². The first-order valence-electron chi connectivity index (χ1n) is 8.10. The van der Waals surface area contributed by atoms with Crippen LogP contribution in [0.2, 0.25) is 0 Å². The van der Waals surface area contributed by atoms with Gasteiger partial charge in [0.15, 0.2) is 5.76 Å². The fourth-order valence-corrected chi connectivity index (χ4v) is 3.74. The molecule has 0 spiro atoms. The molecule has 0 saturated carbocycles. The van der Waals surface area contributed by atoms with Crippen LogP contribution in [0.25, 0.3) is 0 Å². The van der Waals surface area contributed by atoms with Crippen molar-refractivity contribution in [1.82, 2.24) is 10.0 Å². The van der Waals surface area contributed by atoms with Crippen LogP contribution in [0.5, 0.6) is 0 Å². The number of amides is 2. The normalized spacial score (nSPS) is 12.7. The molecule has 0 fully saturated rings. The van der Waals surface area contributed by atoms with Crippen LogP contribution < -0.4 is 10.0 Å². The van der Waals surface area contributed by atoms with Gasteiger partial charge in [0.1, 0.15) is 6.04 Å². The number of benzene rings is 1. The number of furan rings is 1. The predicted molar refractivity (Wildman–Crippen MR) is 96.0 cm³/mol. The third-order valence-electron chi connectivity index (χ3n) is 3.84. The molecule has 7 nitrogen and oxygen atoms in total. The second kappa shape index (κ2) is 7.74. The first kappa shape index (κ1) is 19.7. The lowest BCUT2D eigenvalue weighted by Gasteiger charge is -2.21. The summed E-state index contributed by atoms with van der Waals surface area (Å²) in [5.74, 6) is -1.68. The fourth-order valence-electron chi connectivity index (χ4n) is 2.51. The molecule has 0 radical (unpaired) electrons. The lowest BCUT2D eigenvalue weighted by atomic mass is 10.0. The largest absolute Gasteiger partial charge is 0.459 e. The molecule has 2 amide bonds. The molecule has 0 saturated heterocycles. The third kappa shape index (κ3) is 4.51. The highest BCUT2D eigenvalue weighted by atomic mass is 32.2. The van der Waals surface area contributed by atoms with Crippen LogP contribution in [0.3, 0.4) is 0 Å². The van der Waals surface area contributed by atoms with E-state index in [0.29, 0.717) is 5.56 Å². The molecule has 2 aromatic rings. The summed E-state index contributed by atoms with van der Waals surface area (Å²) in [5.41, 5.74) is 1.45. The van der Waals surface area contributed by atoms with Gasteiger partial charge in [0, 0.05) is 0 Å². The van der Waals surface area contributed by atoms with Gasteiger partial charge in [-0.1, -0.05) is 31.5 Å². The topological polar surface area (TPSA) is 105 Å². The molecule has 0 aliphatic rings. The van der Waals surface area contributed by atoms with Crippen LogP contribution in [0, 0.1) is 19.8 Å². The Morgan fingerprint density at radius 2 is 1.81 bits per heavy atom. The molecule has 0 bridgehead atoms. The number of hydrogen-bond acceptors (Lipinski definition) is 5. The zero-order valence-corrected chi connectivity index (χ0v) is 15.9. The Labute approximate surface area is 152 Å². The quantitative estimate of drug-likeness (QED) is 0.801. The van der Waals surface area contributed by atoms with Crippen molar-refractivity contribution in [2.45, 2.75) is 38.6 Å². The lowest BCUT2D eigenvalue weighted by Crippen LogP contribution is -2.51. The Morgan fingerprint density at radius 1 is 1.12 bits per heavy atom. The number of carbonyl (C=O) groups is 2. The van der Waals surface area contributed by atoms with Crippen molar-refractivity contribution in [3.8, 4) is 0 Å². The van der Waals surface area contributed by atoms with E-state index in [-0.39, 0.29) is 16.6 Å². The number of rotatable bonds is 6. The molecule has 140 valence electrons. The third-order valence-corrected chi connectivity index (χ3v) is 5.34. The Hall–Kier alpha value is -2.61. The molecule has 2 rings (SSSR count). The van der Waals surface area contributed by atoms with E-state index in [1.54, 1.807) is 39.0 Å². The summed E-state index contributed by atoms with van der Waals surface area (Å²) >= 11 is 0. The van der Waals surface area contributed by atoms with Crippen molar-refractivity contribution >= 4 is 21.8 Å². The minimum absolute atomic E-state index is 0.0244. The maximum absolute atomic E-state index is 12.6. The number of carbonyl (C=O) groups excluding carboxylic acids is 2. The Kier molecular flexibility index (Phi) is 5.86. The highest BCUT2D eigenvalue weighted by Crippen LogP contribution is 2.17. The van der Waals surface area contributed by atoms with Crippen molar-refractivity contribution in [1.29, 1.82) is 0 Å². The zero-order chi connectivity index (χ0) is 19.5. The highest BCUT2D eigenvalue weighted by molar-refractivity contribution is 7.90. The van der Waals surface area contributed by atoms with Gasteiger partial charge in [0.05, 0.1) is 11.2 Å². The molecule has 1 aromatic heterocycles. The SMILES string of the molecule is Cc1ccc(S(=O)(=O)NC(=O)[C@H](NC(=O)c2ccco2)C(C)C)c(C)c1. The van der Waals surface area contributed by atoms with Crippen LogP contribution in [-0.2, 0) is 14.8 Å². The lowest BCUT2D eigenvalue weighted by molar-refractivity contribution is -0.122. The van der Waals surface area contributed by atoms with Gasteiger partial charge in [0.2, 0.25) is 0 Å². The molecular weight excluding hydrogens is 356 g/mol. The second-order valence-electron chi connectivity index (χ2n) is 6.41. The molecular formula is C18H22N2O5S. The summed E-state index contributed by atoms with van der Waals surface area (Å²) in [6.45, 7) is 6.92. The van der Waals surface area contributed by atoms with Crippen molar-refractivity contribution in [3.05, 3.63) is 53.5 Å². The summed E-state index contributed by atoms with van der Waals surface area (Å²) in [5, 5.41) is 2.51. The minimum atomic E-state index is -4.05. The van der Waals surface area contributed by atoms with E-state index in [1.807, 2.05) is 6.92 Å². The smallest absolute Gasteiger partial charge is 0.287 e. The summed E-state index contributed by atoms with van der Waals surface area (Å²) in [7, 11) is -4.05. The average Bonchev–Trinajstić information content (AvgIpc) is 3.05. The van der Waals surface area contributed by atoms with E-state index in [4.69, 9.17) is 4.42 Å². The van der Waals surface area contributed by atoms with Crippen LogP contribution in [0.4, 0.5) is 0 Å². The van der Waals surface area contributed by atoms with E-state index in [0.717, 1.165) is 5.56 Å². The van der Waals surface area contributed by atoms with E-state index in [1.165, 1.54) is 18.4 Å². The van der Waals surface area contributed by atoms with Crippen LogP contribution >= 0.6 is 0 Å². The molecule has 1 aromatic carbocycles. The maximum Gasteiger partial charge on any atom is 0.287 e. The number of hydrogen-bond donors (Lipinski definition) is 2. The fraction of sp³-hybridized carbons (Fsp3) is 0.333. The van der Waals surface area contributed by atoms with Crippen LogP contribution in [0.15, 0.2) is 45.9 Å². The first-order chi connectivity index (χ1) is 12.1. The Bertz CT molecular complexity index is 902. The Balaban J connectivity index is 2.20. The van der Waals surface area contributed by atoms with Crippen LogP contribution in [-0.4, -0.2) is 26.3 Å². The molecule has 0 aliphatic carbocycles. The van der Waals surface area contributed by atoms with Gasteiger partial charge in [-0.3, -0.25) is 9.59 Å². The van der Waals surface area contributed by atoms with Gasteiger partial charge in [-0.15, -0.1) is 0 Å². The number of sulfonamides is 1. The second-order valence-corrected chi connectivity index (χ2v) is 8.06. The molecule has 2 N–H and O–H groups in total. The molecule has 1 heterocycles. The monoisotopic (exact) mass is 378 g/mol. The van der Waals surface area contributed by atoms with Crippen molar-refractivity contribution in [3.63, 3.8) is 0 Å². The summed E-state index contributed by atoms with van der Waals surface area (Å²) in [6, 6.07) is 6.79. The molecule has 1 atom stereocenters. The standard InChI is InChI=1S/C18H22N2O5S/c1-11(2)16(19-17(21)14-6-5-9-25-14)18(22)20-26(23,24)15-8-7-12(3)10-13(15)4/h5-11,16H,1-4H3,(H,19,21)(H,20,22)/t16-/m1/s1. The van der Waals surface area contributed by atoms with Gasteiger partial charge >= 0.3 is 0 Å². The molecule has 8 heteroatoms. The van der Waals surface area contributed by atoms with E-state index in [2.05, 4.69) is 10.0 Å². The van der Waals surface area contributed by atoms with Gasteiger partial charge in [0.25, 0.3) is 21.8 Å². The highest BCUT2D eigenvalue weighted by Gasteiger charge is 2.29. The van der Waals surface area contributed by atoms with Gasteiger partial charge < -0.3 is 9.73 Å². The predicted octanol–water partition coefficient (Wildman–Crippen LogP) is 2.16. The first-order valence-corrected chi connectivity index (χ1v) is 9.58. The molecule has 0 unspecified atom stereocenters. The number of nitrogens with one attached hydrogen (secondary N) is 2. The van der Waals surface area contributed by atoms with Gasteiger partial charge in [-0.05, 0) is 43.5 Å². The van der Waals surface area contributed by atoms with Gasteiger partial charge in [-0.25, -0.2) is 13.1 Å². The summed E-state index contributed by atoms with van der Waals surface area (Å²) in [4.78, 5) is 24.7. The van der Waals surface area contributed by atoms with Gasteiger partial charge in [-0.2, -0.15) is 0 Å². The number of aryl methyl sites for hydroxylation is 2. The average molecular weight is 378 g/mol. The summed E-state index contributed by atoms with van der Waals surface area (Å²) < 4.78 is 32.1. The molecule has 26 heavy (non-hydrogen) atoms. The molecule has 0 aliphatic heterocycles. The Morgan fingerprint density at radius 3 is 2.35 bits per heavy atom. The van der Waals surface area contributed by atoms with Crippen molar-refractivity contribution in [2.24, 2.45) is 5.92 Å². The van der Waals surface area contributed by atoms with E-state index in [9.17, 15) is 18.0 Å². The maximum atomic E-state index is 12.6. The zero-order valence-electron chi connectivity index (χ0n) is 15.1. The van der Waals surface area contributed by atoms with Crippen molar-refractivity contribution < 1.29 is 22.4 Å². The van der Waals surface area contributed by atoms with Crippen LogP contribution in [0.1, 0.15) is 35.5 Å². The summed E-state index contributed by atoms with van der Waals surface area (Å²) in [6.07, 6.45) is 1.34. The van der Waals surface area contributed by atoms with Crippen molar-refractivity contribution in [2.75, 3.05) is 0 Å². The van der Waals surface area contributed by atoms with E-state index >= 15 is 0 Å². The minimum Gasteiger partial charge on any atom is -0.459 e.